The van der Waals surface area contributed by atoms with Crippen LogP contribution in [0.2, 0.25) is 0 Å². The zero-order valence-corrected chi connectivity index (χ0v) is 7.99. The maximum atomic E-state index is 10.1. The molecule has 0 aromatic carbocycles. The molecule has 1 fully saturated rings. The van der Waals surface area contributed by atoms with Crippen molar-refractivity contribution in [2.24, 2.45) is 4.47 Å². The Hall–Kier alpha value is 0.0300. The summed E-state index contributed by atoms with van der Waals surface area (Å²) in [7, 11) is 1.98. The first-order chi connectivity index (χ1) is 4.77. The van der Waals surface area contributed by atoms with Gasteiger partial charge in [-0.1, -0.05) is 0 Å². The van der Waals surface area contributed by atoms with Crippen LogP contribution in [-0.2, 0) is 11.5 Å². The molecule has 4 nitrogen and oxygen atoms in total. The lowest BCUT2D eigenvalue weighted by Crippen LogP contribution is -3.00. The first kappa shape index (κ1) is 11.0. The molecule has 0 saturated carbocycles. The predicted octanol–water partition coefficient (Wildman–Crippen LogP) is -3.65. The molecule has 0 radical (unpaired) electrons. The molecule has 1 aliphatic rings. The van der Waals surface area contributed by atoms with Gasteiger partial charge in [0, 0.05) is 17.6 Å². The van der Waals surface area contributed by atoms with Crippen molar-refractivity contribution in [3.63, 3.8) is 0 Å². The SMILES string of the molecule is C[N+]1(N=S=O)CCNCC1.[Cl-]. The molecular formula is C5H12ClN3OS. The molecule has 1 N–H and O–H groups in total. The van der Waals surface area contributed by atoms with E-state index in [1.807, 2.05) is 7.05 Å². The Bertz CT molecular complexity index is 165. The van der Waals surface area contributed by atoms with Crippen molar-refractivity contribution >= 4 is 11.5 Å². The molecule has 0 aliphatic carbocycles. The van der Waals surface area contributed by atoms with Crippen molar-refractivity contribution in [1.82, 2.24) is 5.32 Å². The van der Waals surface area contributed by atoms with Gasteiger partial charge in [-0.25, -0.2) is 0 Å². The Labute approximate surface area is 76.2 Å². The molecule has 66 valence electrons. The minimum atomic E-state index is 0. The quantitative estimate of drug-likeness (QED) is 0.441. The number of halogens is 1. The fourth-order valence-electron chi connectivity index (χ4n) is 1.04. The lowest BCUT2D eigenvalue weighted by Gasteiger charge is -2.29. The van der Waals surface area contributed by atoms with E-state index in [1.165, 1.54) is 0 Å². The van der Waals surface area contributed by atoms with Crippen molar-refractivity contribution in [2.75, 3.05) is 33.2 Å². The summed E-state index contributed by atoms with van der Waals surface area (Å²) in [6, 6.07) is 0. The molecule has 11 heavy (non-hydrogen) atoms. The van der Waals surface area contributed by atoms with E-state index in [1.54, 1.807) is 0 Å². The van der Waals surface area contributed by atoms with Crippen molar-refractivity contribution < 1.29 is 21.2 Å². The number of nitrogens with one attached hydrogen (secondary N) is 1. The average molecular weight is 198 g/mol. The van der Waals surface area contributed by atoms with E-state index in [2.05, 4.69) is 9.79 Å². The van der Waals surface area contributed by atoms with Crippen LogP contribution >= 0.6 is 0 Å². The van der Waals surface area contributed by atoms with Gasteiger partial charge in [0.1, 0.15) is 13.1 Å². The normalized spacial score (nSPS) is 21.5. The molecule has 1 saturated heterocycles. The molecule has 1 rings (SSSR count). The highest BCUT2D eigenvalue weighted by atomic mass is 35.5. The van der Waals surface area contributed by atoms with E-state index >= 15 is 0 Å². The fraction of sp³-hybridized carbons (Fsp3) is 1.00. The molecule has 0 unspecified atom stereocenters. The molecule has 6 heteroatoms. The second-order valence-electron chi connectivity index (χ2n) is 2.69. The first-order valence-corrected chi connectivity index (χ1v) is 4.03. The van der Waals surface area contributed by atoms with E-state index < -0.39 is 0 Å². The van der Waals surface area contributed by atoms with Crippen LogP contribution in [0.3, 0.4) is 0 Å². The van der Waals surface area contributed by atoms with Crippen molar-refractivity contribution in [3.05, 3.63) is 0 Å². The van der Waals surface area contributed by atoms with Crippen LogP contribution in [0, 0.1) is 0 Å². The summed E-state index contributed by atoms with van der Waals surface area (Å²) >= 11 is 0.326. The number of likely N-dealkylation sites (N-methyl/N-ethyl adjacent to an activating group) is 1. The highest BCUT2D eigenvalue weighted by Crippen LogP contribution is 2.03. The van der Waals surface area contributed by atoms with Gasteiger partial charge >= 0.3 is 0 Å². The summed E-state index contributed by atoms with van der Waals surface area (Å²) in [4.78, 5) is 0. The third-order valence-electron chi connectivity index (χ3n) is 1.77. The molecule has 1 heterocycles. The van der Waals surface area contributed by atoms with E-state index in [0.29, 0.717) is 16.1 Å². The average Bonchev–Trinajstić information content (AvgIpc) is 1.89. The smallest absolute Gasteiger partial charge is 0.257 e. The van der Waals surface area contributed by atoms with Crippen LogP contribution in [0.15, 0.2) is 4.47 Å². The van der Waals surface area contributed by atoms with Crippen LogP contribution in [0.25, 0.3) is 0 Å². The lowest BCUT2D eigenvalue weighted by molar-refractivity contribution is -0.915. The Morgan fingerprint density at radius 2 is 2.00 bits per heavy atom. The zero-order valence-electron chi connectivity index (χ0n) is 6.42. The van der Waals surface area contributed by atoms with Gasteiger partial charge in [0.2, 0.25) is 0 Å². The van der Waals surface area contributed by atoms with E-state index in [4.69, 9.17) is 0 Å². The summed E-state index contributed by atoms with van der Waals surface area (Å²) in [6.07, 6.45) is 0. The second kappa shape index (κ2) is 4.82. The number of hydrogen-bond donors (Lipinski definition) is 1. The maximum Gasteiger partial charge on any atom is 0.257 e. The van der Waals surface area contributed by atoms with E-state index in [-0.39, 0.29) is 12.4 Å². The number of rotatable bonds is 1. The number of hydrogen-bond acceptors (Lipinski definition) is 3. The Morgan fingerprint density at radius 3 is 2.45 bits per heavy atom. The maximum absolute atomic E-state index is 10.1. The first-order valence-electron chi connectivity index (χ1n) is 3.34. The van der Waals surface area contributed by atoms with Crippen LogP contribution in [0.4, 0.5) is 0 Å². The van der Waals surface area contributed by atoms with E-state index in [0.717, 1.165) is 26.2 Å². The number of piperazine rings is 1. The van der Waals surface area contributed by atoms with Gasteiger partial charge in [-0.3, -0.25) is 0 Å². The van der Waals surface area contributed by atoms with Gasteiger partial charge in [-0.15, -0.1) is 0 Å². The van der Waals surface area contributed by atoms with Gasteiger partial charge in [0.15, 0.2) is 0 Å². The van der Waals surface area contributed by atoms with Crippen LogP contribution in [0.5, 0.6) is 0 Å². The van der Waals surface area contributed by atoms with Gasteiger partial charge in [-0.05, 0) is 0 Å². The number of quaternary nitrogens is 1. The molecule has 0 spiro atoms. The van der Waals surface area contributed by atoms with Crippen molar-refractivity contribution in [3.8, 4) is 0 Å². The molecular weight excluding hydrogens is 186 g/mol. The summed E-state index contributed by atoms with van der Waals surface area (Å²) in [6.45, 7) is 3.77. The third kappa shape index (κ3) is 3.29. The molecule has 0 aromatic rings. The topological polar surface area (TPSA) is 41.5 Å². The highest BCUT2D eigenvalue weighted by Gasteiger charge is 2.24. The lowest BCUT2D eigenvalue weighted by atomic mass is 10.4. The van der Waals surface area contributed by atoms with Gasteiger partial charge in [0.05, 0.1) is 7.05 Å². The molecule has 0 atom stereocenters. The third-order valence-corrected chi connectivity index (χ3v) is 2.23. The standard InChI is InChI=1S/C5H12N3OS.ClH/c1-8(7-10-9)4-2-6-3-5-8;/h6H,2-5H2,1H3;1H/q+1;/p-1. The Kier molecular flexibility index (Phi) is 4.83. The second-order valence-corrected chi connectivity index (χ2v) is 3.00. The van der Waals surface area contributed by atoms with Crippen LogP contribution in [-0.4, -0.2) is 42.0 Å². The molecule has 1 aliphatic heterocycles. The Balaban J connectivity index is 0.000001000. The predicted molar refractivity (Wildman–Crippen MR) is 39.4 cm³/mol. The highest BCUT2D eigenvalue weighted by molar-refractivity contribution is 7.54. The largest absolute Gasteiger partial charge is 1.00 e. The minimum Gasteiger partial charge on any atom is -1.00 e. The van der Waals surface area contributed by atoms with Crippen molar-refractivity contribution in [2.45, 2.75) is 0 Å². The summed E-state index contributed by atoms with van der Waals surface area (Å²) in [5.41, 5.74) is 0. The number of nitrogens with zero attached hydrogens (tertiary/aromatic N) is 2. The summed E-state index contributed by atoms with van der Waals surface area (Å²) < 4.78 is 14.5. The molecule has 0 bridgehead atoms. The summed E-state index contributed by atoms with van der Waals surface area (Å²) in [5.74, 6) is 0. The molecule has 0 amide bonds. The van der Waals surface area contributed by atoms with Crippen molar-refractivity contribution in [1.29, 1.82) is 0 Å². The van der Waals surface area contributed by atoms with Crippen LogP contribution < -0.4 is 17.7 Å². The fourth-order valence-corrected chi connectivity index (χ4v) is 1.36. The Morgan fingerprint density at radius 1 is 1.45 bits per heavy atom. The van der Waals surface area contributed by atoms with Gasteiger partial charge in [-0.2, -0.15) is 8.80 Å². The van der Waals surface area contributed by atoms with Gasteiger partial charge in [0.25, 0.3) is 11.5 Å². The van der Waals surface area contributed by atoms with Crippen LogP contribution in [0.1, 0.15) is 0 Å². The van der Waals surface area contributed by atoms with Gasteiger partial charge < -0.3 is 17.7 Å². The minimum absolute atomic E-state index is 0. The van der Waals surface area contributed by atoms with E-state index in [9.17, 15) is 4.21 Å². The monoisotopic (exact) mass is 197 g/mol. The summed E-state index contributed by atoms with van der Waals surface area (Å²) in [5, 5.41) is 3.21. The molecule has 0 aromatic heterocycles. The zero-order chi connectivity index (χ0) is 7.45.